The summed E-state index contributed by atoms with van der Waals surface area (Å²) >= 11 is 0. The van der Waals surface area contributed by atoms with Crippen LogP contribution in [0.25, 0.3) is 22.3 Å². The van der Waals surface area contributed by atoms with Gasteiger partial charge in [0.15, 0.2) is 11.2 Å². The molecule has 0 aliphatic rings. The first-order valence-electron chi connectivity index (χ1n) is 10.2. The molecule has 2 heterocycles. The SMILES string of the molecule is COc1cccc(-c2ccc(Cn3c(NCCO)nc4c3c(=O)n(C)c(=O)n4C)cc2)c1. The van der Waals surface area contributed by atoms with Gasteiger partial charge in [0.05, 0.1) is 20.3 Å². The lowest BCUT2D eigenvalue weighted by Crippen LogP contribution is -2.37. The van der Waals surface area contributed by atoms with E-state index in [0.717, 1.165) is 27.0 Å². The van der Waals surface area contributed by atoms with Gasteiger partial charge >= 0.3 is 5.69 Å². The Bertz CT molecular complexity index is 1380. The van der Waals surface area contributed by atoms with Gasteiger partial charge in [-0.25, -0.2) is 4.79 Å². The number of ether oxygens (including phenoxy) is 1. The van der Waals surface area contributed by atoms with E-state index < -0.39 is 11.2 Å². The van der Waals surface area contributed by atoms with Gasteiger partial charge in [0, 0.05) is 20.6 Å². The van der Waals surface area contributed by atoms with Gasteiger partial charge in [-0.3, -0.25) is 18.5 Å². The van der Waals surface area contributed by atoms with E-state index in [2.05, 4.69) is 10.3 Å². The van der Waals surface area contributed by atoms with Crippen LogP contribution in [0.5, 0.6) is 5.75 Å². The first-order valence-corrected chi connectivity index (χ1v) is 10.2. The summed E-state index contributed by atoms with van der Waals surface area (Å²) in [6.45, 7) is 0.553. The van der Waals surface area contributed by atoms with E-state index in [4.69, 9.17) is 4.74 Å². The maximum Gasteiger partial charge on any atom is 0.332 e. The lowest BCUT2D eigenvalue weighted by atomic mass is 10.0. The number of rotatable bonds is 7. The number of hydrogen-bond donors (Lipinski definition) is 2. The van der Waals surface area contributed by atoms with Gasteiger partial charge in [-0.15, -0.1) is 0 Å². The Kier molecular flexibility index (Phi) is 5.83. The number of nitrogens with one attached hydrogen (secondary N) is 1. The molecule has 0 aliphatic heterocycles. The lowest BCUT2D eigenvalue weighted by molar-refractivity contribution is 0.310. The van der Waals surface area contributed by atoms with Crippen molar-refractivity contribution in [1.82, 2.24) is 18.7 Å². The lowest BCUT2D eigenvalue weighted by Gasteiger charge is -2.11. The Balaban J connectivity index is 1.76. The molecule has 2 aromatic heterocycles. The third-order valence-corrected chi connectivity index (χ3v) is 5.44. The van der Waals surface area contributed by atoms with Crippen molar-refractivity contribution in [3.63, 3.8) is 0 Å². The predicted molar refractivity (Wildman–Crippen MR) is 123 cm³/mol. The topological polar surface area (TPSA) is 103 Å². The highest BCUT2D eigenvalue weighted by atomic mass is 16.5. The van der Waals surface area contributed by atoms with E-state index in [1.165, 1.54) is 11.6 Å². The quantitative estimate of drug-likeness (QED) is 0.457. The number of imidazole rings is 1. The van der Waals surface area contributed by atoms with Gasteiger partial charge < -0.3 is 15.2 Å². The number of aryl methyl sites for hydroxylation is 1. The molecule has 9 heteroatoms. The molecule has 0 atom stereocenters. The molecule has 32 heavy (non-hydrogen) atoms. The summed E-state index contributed by atoms with van der Waals surface area (Å²) in [6.07, 6.45) is 0. The molecule has 9 nitrogen and oxygen atoms in total. The van der Waals surface area contributed by atoms with Crippen LogP contribution >= 0.6 is 0 Å². The zero-order valence-corrected chi connectivity index (χ0v) is 18.2. The summed E-state index contributed by atoms with van der Waals surface area (Å²) in [4.78, 5) is 29.7. The summed E-state index contributed by atoms with van der Waals surface area (Å²) in [5.74, 6) is 1.21. The highest BCUT2D eigenvalue weighted by Gasteiger charge is 2.19. The number of hydrogen-bond acceptors (Lipinski definition) is 6. The monoisotopic (exact) mass is 435 g/mol. The summed E-state index contributed by atoms with van der Waals surface area (Å²) in [5, 5.41) is 12.3. The molecule has 0 unspecified atom stereocenters. The maximum atomic E-state index is 12.9. The Labute approximate surface area is 184 Å². The molecule has 0 radical (unpaired) electrons. The molecule has 2 N–H and O–H groups in total. The van der Waals surface area contributed by atoms with Crippen LogP contribution in [0.4, 0.5) is 5.95 Å². The molecular formula is C23H25N5O4. The van der Waals surface area contributed by atoms with Crippen LogP contribution in [0.1, 0.15) is 5.56 Å². The van der Waals surface area contributed by atoms with Crippen LogP contribution in [0.2, 0.25) is 0 Å². The second kappa shape index (κ2) is 8.72. The summed E-state index contributed by atoms with van der Waals surface area (Å²) in [5.41, 5.74) is 2.81. The first kappa shape index (κ1) is 21.4. The normalized spacial score (nSPS) is 11.1. The van der Waals surface area contributed by atoms with Crippen LogP contribution in [-0.4, -0.2) is 44.1 Å². The van der Waals surface area contributed by atoms with Crippen LogP contribution in [0, 0.1) is 0 Å². The van der Waals surface area contributed by atoms with Gasteiger partial charge in [0.2, 0.25) is 5.95 Å². The summed E-state index contributed by atoms with van der Waals surface area (Å²) in [6, 6.07) is 15.8. The van der Waals surface area contributed by atoms with Crippen molar-refractivity contribution in [2.45, 2.75) is 6.54 Å². The van der Waals surface area contributed by atoms with Crippen molar-refractivity contribution in [3.8, 4) is 16.9 Å². The predicted octanol–water partition coefficient (Wildman–Crippen LogP) is 1.56. The third kappa shape index (κ3) is 3.78. The van der Waals surface area contributed by atoms with Gasteiger partial charge in [-0.1, -0.05) is 36.4 Å². The van der Waals surface area contributed by atoms with Crippen molar-refractivity contribution < 1.29 is 9.84 Å². The molecule has 0 aliphatic carbocycles. The maximum absolute atomic E-state index is 12.9. The van der Waals surface area contributed by atoms with Crippen molar-refractivity contribution in [3.05, 3.63) is 74.9 Å². The Morgan fingerprint density at radius 1 is 1.03 bits per heavy atom. The number of aliphatic hydroxyl groups is 1. The Morgan fingerprint density at radius 3 is 2.47 bits per heavy atom. The number of anilines is 1. The molecule has 0 saturated heterocycles. The molecule has 0 bridgehead atoms. The zero-order valence-electron chi connectivity index (χ0n) is 18.2. The third-order valence-electron chi connectivity index (χ3n) is 5.44. The minimum absolute atomic E-state index is 0.0879. The molecule has 0 spiro atoms. The van der Waals surface area contributed by atoms with E-state index in [9.17, 15) is 14.7 Å². The smallest absolute Gasteiger partial charge is 0.332 e. The van der Waals surface area contributed by atoms with E-state index >= 15 is 0 Å². The average molecular weight is 435 g/mol. The zero-order chi connectivity index (χ0) is 22.8. The summed E-state index contributed by atoms with van der Waals surface area (Å²) < 4.78 is 9.47. The molecule has 0 saturated carbocycles. The summed E-state index contributed by atoms with van der Waals surface area (Å²) in [7, 11) is 4.67. The number of aliphatic hydroxyl groups excluding tert-OH is 1. The van der Waals surface area contributed by atoms with E-state index in [1.807, 2.05) is 48.5 Å². The number of methoxy groups -OCH3 is 1. The molecule has 166 valence electrons. The van der Waals surface area contributed by atoms with E-state index in [1.54, 1.807) is 18.7 Å². The Morgan fingerprint density at radius 2 is 1.78 bits per heavy atom. The van der Waals surface area contributed by atoms with Gasteiger partial charge in [0.25, 0.3) is 5.56 Å². The van der Waals surface area contributed by atoms with Crippen molar-refractivity contribution in [2.75, 3.05) is 25.6 Å². The number of aromatic nitrogens is 4. The van der Waals surface area contributed by atoms with Crippen LogP contribution in [0.3, 0.4) is 0 Å². The van der Waals surface area contributed by atoms with Crippen molar-refractivity contribution in [2.24, 2.45) is 14.1 Å². The molecule has 0 fully saturated rings. The van der Waals surface area contributed by atoms with Gasteiger partial charge in [-0.05, 0) is 28.8 Å². The number of fused-ring (bicyclic) bond motifs is 1. The highest BCUT2D eigenvalue weighted by Crippen LogP contribution is 2.25. The molecule has 2 aromatic carbocycles. The standard InChI is InChI=1S/C23H25N5O4/c1-26-20-19(21(30)27(2)23(26)31)28(22(25-20)24-11-12-29)14-15-7-9-16(10-8-15)17-5-4-6-18(13-17)32-3/h4-10,13,29H,11-12,14H2,1-3H3,(H,24,25). The fourth-order valence-corrected chi connectivity index (χ4v) is 3.69. The minimum atomic E-state index is -0.441. The van der Waals surface area contributed by atoms with Crippen LogP contribution in [0.15, 0.2) is 58.1 Å². The van der Waals surface area contributed by atoms with E-state index in [0.29, 0.717) is 23.7 Å². The van der Waals surface area contributed by atoms with Crippen molar-refractivity contribution >= 4 is 17.1 Å². The second-order valence-corrected chi connectivity index (χ2v) is 7.48. The average Bonchev–Trinajstić information content (AvgIpc) is 3.18. The van der Waals surface area contributed by atoms with Gasteiger partial charge in [-0.2, -0.15) is 4.98 Å². The van der Waals surface area contributed by atoms with Crippen LogP contribution in [-0.2, 0) is 20.6 Å². The van der Waals surface area contributed by atoms with E-state index in [-0.39, 0.29) is 13.2 Å². The molecule has 4 aromatic rings. The highest BCUT2D eigenvalue weighted by molar-refractivity contribution is 5.74. The van der Waals surface area contributed by atoms with Crippen LogP contribution < -0.4 is 21.3 Å². The first-order chi connectivity index (χ1) is 15.4. The number of benzene rings is 2. The van der Waals surface area contributed by atoms with Crippen molar-refractivity contribution in [1.29, 1.82) is 0 Å². The minimum Gasteiger partial charge on any atom is -0.497 e. The molecular weight excluding hydrogens is 410 g/mol. The second-order valence-electron chi connectivity index (χ2n) is 7.48. The Hall–Kier alpha value is -3.85. The molecule has 4 rings (SSSR count). The molecule has 0 amide bonds. The van der Waals surface area contributed by atoms with Gasteiger partial charge in [0.1, 0.15) is 5.75 Å². The number of nitrogens with zero attached hydrogens (tertiary/aromatic N) is 4. The fraction of sp³-hybridized carbons (Fsp3) is 0.261. The fourth-order valence-electron chi connectivity index (χ4n) is 3.69. The largest absolute Gasteiger partial charge is 0.497 e.